The predicted molar refractivity (Wildman–Crippen MR) is 107 cm³/mol. The number of anilines is 1. The SMILES string of the molecule is COc1ccccc1N1CCC(N2C[C@@H](CN)[C@H](c3ccccc3)C2)C1=O. The minimum Gasteiger partial charge on any atom is -0.495 e. The topological polar surface area (TPSA) is 58.8 Å². The second-order valence-electron chi connectivity index (χ2n) is 7.43. The molecule has 2 aromatic rings. The number of nitrogens with two attached hydrogens (primary N) is 1. The first-order valence-electron chi connectivity index (χ1n) is 9.66. The number of hydrogen-bond acceptors (Lipinski definition) is 4. The van der Waals surface area contributed by atoms with Crippen LogP contribution in [0.5, 0.6) is 5.75 Å². The highest BCUT2D eigenvalue weighted by Gasteiger charge is 2.43. The molecule has 0 radical (unpaired) electrons. The number of rotatable bonds is 5. The van der Waals surface area contributed by atoms with Crippen LogP contribution in [0.25, 0.3) is 0 Å². The molecule has 1 amide bonds. The van der Waals surface area contributed by atoms with Gasteiger partial charge in [0.05, 0.1) is 18.8 Å². The first-order valence-corrected chi connectivity index (χ1v) is 9.66. The van der Waals surface area contributed by atoms with Gasteiger partial charge in [0.2, 0.25) is 5.91 Å². The molecule has 3 atom stereocenters. The number of hydrogen-bond donors (Lipinski definition) is 1. The minimum atomic E-state index is -0.0716. The van der Waals surface area contributed by atoms with Crippen LogP contribution in [0.2, 0.25) is 0 Å². The Morgan fingerprint density at radius 3 is 2.56 bits per heavy atom. The lowest BCUT2D eigenvalue weighted by Gasteiger charge is -2.24. The van der Waals surface area contributed by atoms with Crippen LogP contribution in [0.3, 0.4) is 0 Å². The first kappa shape index (κ1) is 18.0. The minimum absolute atomic E-state index is 0.0716. The number of benzene rings is 2. The molecule has 2 aliphatic heterocycles. The van der Waals surface area contributed by atoms with Gasteiger partial charge in [0.15, 0.2) is 0 Å². The molecule has 1 unspecified atom stereocenters. The van der Waals surface area contributed by atoms with Crippen molar-refractivity contribution in [1.82, 2.24) is 4.90 Å². The number of nitrogens with zero attached hydrogens (tertiary/aromatic N) is 2. The van der Waals surface area contributed by atoms with Gasteiger partial charge in [-0.05, 0) is 36.6 Å². The van der Waals surface area contributed by atoms with E-state index in [1.165, 1.54) is 5.56 Å². The van der Waals surface area contributed by atoms with Gasteiger partial charge in [-0.1, -0.05) is 42.5 Å². The van der Waals surface area contributed by atoms with Gasteiger partial charge in [0.25, 0.3) is 0 Å². The molecule has 0 aliphatic carbocycles. The van der Waals surface area contributed by atoms with Gasteiger partial charge in [-0.25, -0.2) is 0 Å². The summed E-state index contributed by atoms with van der Waals surface area (Å²) in [6, 6.07) is 18.2. The van der Waals surface area contributed by atoms with Gasteiger partial charge in [0.1, 0.15) is 5.75 Å². The molecule has 2 aromatic carbocycles. The molecule has 2 heterocycles. The van der Waals surface area contributed by atoms with Crippen molar-refractivity contribution in [3.63, 3.8) is 0 Å². The highest BCUT2D eigenvalue weighted by molar-refractivity contribution is 6.00. The maximum absolute atomic E-state index is 13.2. The van der Waals surface area contributed by atoms with E-state index in [-0.39, 0.29) is 11.9 Å². The van der Waals surface area contributed by atoms with E-state index >= 15 is 0 Å². The average Bonchev–Trinajstić information content (AvgIpc) is 3.32. The zero-order valence-electron chi connectivity index (χ0n) is 15.8. The molecule has 27 heavy (non-hydrogen) atoms. The van der Waals surface area contributed by atoms with Gasteiger partial charge in [-0.3, -0.25) is 9.69 Å². The zero-order valence-corrected chi connectivity index (χ0v) is 15.8. The third-order valence-electron chi connectivity index (χ3n) is 5.99. The van der Waals surface area contributed by atoms with E-state index in [4.69, 9.17) is 10.5 Å². The maximum atomic E-state index is 13.2. The quantitative estimate of drug-likeness (QED) is 0.884. The molecule has 5 nitrogen and oxygen atoms in total. The van der Waals surface area contributed by atoms with Crippen molar-refractivity contribution in [2.75, 3.05) is 38.2 Å². The number of amides is 1. The van der Waals surface area contributed by atoms with Crippen molar-refractivity contribution < 1.29 is 9.53 Å². The third kappa shape index (κ3) is 3.33. The van der Waals surface area contributed by atoms with Crippen molar-refractivity contribution in [1.29, 1.82) is 0 Å². The Hall–Kier alpha value is -2.37. The summed E-state index contributed by atoms with van der Waals surface area (Å²) in [4.78, 5) is 17.4. The molecule has 4 rings (SSSR count). The molecule has 0 spiro atoms. The van der Waals surface area contributed by atoms with E-state index < -0.39 is 0 Å². The van der Waals surface area contributed by atoms with E-state index in [2.05, 4.69) is 29.2 Å². The molecule has 142 valence electrons. The smallest absolute Gasteiger partial charge is 0.244 e. The van der Waals surface area contributed by atoms with Crippen molar-refractivity contribution in [3.05, 3.63) is 60.2 Å². The Labute approximate surface area is 160 Å². The highest BCUT2D eigenvalue weighted by atomic mass is 16.5. The fourth-order valence-corrected chi connectivity index (χ4v) is 4.57. The lowest BCUT2D eigenvalue weighted by atomic mass is 9.89. The second-order valence-corrected chi connectivity index (χ2v) is 7.43. The average molecular weight is 365 g/mol. The second kappa shape index (κ2) is 7.71. The molecular weight excluding hydrogens is 338 g/mol. The van der Waals surface area contributed by atoms with E-state index in [1.807, 2.05) is 35.2 Å². The number of para-hydroxylation sites is 2. The normalized spacial score (nSPS) is 25.9. The number of methoxy groups -OCH3 is 1. The summed E-state index contributed by atoms with van der Waals surface area (Å²) in [5.74, 6) is 1.70. The summed E-state index contributed by atoms with van der Waals surface area (Å²) in [5.41, 5.74) is 8.26. The zero-order chi connectivity index (χ0) is 18.8. The molecule has 2 fully saturated rings. The van der Waals surface area contributed by atoms with E-state index in [9.17, 15) is 4.79 Å². The van der Waals surface area contributed by atoms with Crippen LogP contribution in [-0.2, 0) is 4.79 Å². The van der Waals surface area contributed by atoms with Gasteiger partial charge in [-0.2, -0.15) is 0 Å². The lowest BCUT2D eigenvalue weighted by Crippen LogP contribution is -2.41. The Morgan fingerprint density at radius 1 is 1.07 bits per heavy atom. The van der Waals surface area contributed by atoms with Crippen LogP contribution >= 0.6 is 0 Å². The largest absolute Gasteiger partial charge is 0.495 e. The first-order chi connectivity index (χ1) is 13.2. The molecule has 2 N–H and O–H groups in total. The van der Waals surface area contributed by atoms with Crippen LogP contribution in [0, 0.1) is 5.92 Å². The highest BCUT2D eigenvalue weighted by Crippen LogP contribution is 2.37. The summed E-state index contributed by atoms with van der Waals surface area (Å²) in [6.45, 7) is 3.14. The van der Waals surface area contributed by atoms with Crippen molar-refractivity contribution >= 4 is 11.6 Å². The van der Waals surface area contributed by atoms with E-state index in [0.29, 0.717) is 18.4 Å². The predicted octanol–water partition coefficient (Wildman–Crippen LogP) is 2.47. The molecule has 5 heteroatoms. The number of ether oxygens (including phenoxy) is 1. The van der Waals surface area contributed by atoms with Crippen molar-refractivity contribution in [2.24, 2.45) is 11.7 Å². The maximum Gasteiger partial charge on any atom is 0.244 e. The summed E-state index contributed by atoms with van der Waals surface area (Å²) in [6.07, 6.45) is 0.843. The molecule has 2 saturated heterocycles. The summed E-state index contributed by atoms with van der Waals surface area (Å²) in [5, 5.41) is 0. The van der Waals surface area contributed by atoms with Crippen molar-refractivity contribution in [2.45, 2.75) is 18.4 Å². The summed E-state index contributed by atoms with van der Waals surface area (Å²) >= 11 is 0. The molecule has 0 bridgehead atoms. The third-order valence-corrected chi connectivity index (χ3v) is 5.99. The van der Waals surface area contributed by atoms with Gasteiger partial charge in [-0.15, -0.1) is 0 Å². The Bertz CT molecular complexity index is 795. The fraction of sp³-hybridized carbons (Fsp3) is 0.409. The fourth-order valence-electron chi connectivity index (χ4n) is 4.57. The molecule has 2 aliphatic rings. The summed E-state index contributed by atoms with van der Waals surface area (Å²) < 4.78 is 5.45. The van der Waals surface area contributed by atoms with Crippen LogP contribution in [0.4, 0.5) is 5.69 Å². The molecular formula is C22H27N3O2. The van der Waals surface area contributed by atoms with Crippen LogP contribution in [0.15, 0.2) is 54.6 Å². The molecule has 0 aromatic heterocycles. The van der Waals surface area contributed by atoms with Crippen LogP contribution in [-0.4, -0.2) is 50.1 Å². The van der Waals surface area contributed by atoms with Gasteiger partial charge >= 0.3 is 0 Å². The van der Waals surface area contributed by atoms with E-state index in [0.717, 1.165) is 37.5 Å². The summed E-state index contributed by atoms with van der Waals surface area (Å²) in [7, 11) is 1.65. The Kier molecular flexibility index (Phi) is 5.14. The Morgan fingerprint density at radius 2 is 1.81 bits per heavy atom. The number of carbonyl (C=O) groups is 1. The Balaban J connectivity index is 1.52. The van der Waals surface area contributed by atoms with Crippen LogP contribution < -0.4 is 15.4 Å². The molecule has 0 saturated carbocycles. The van der Waals surface area contributed by atoms with Crippen molar-refractivity contribution in [3.8, 4) is 5.75 Å². The number of likely N-dealkylation sites (tertiary alicyclic amines) is 1. The van der Waals surface area contributed by atoms with Crippen LogP contribution in [0.1, 0.15) is 17.9 Å². The lowest BCUT2D eigenvalue weighted by molar-refractivity contribution is -0.121. The monoisotopic (exact) mass is 365 g/mol. The van der Waals surface area contributed by atoms with E-state index in [1.54, 1.807) is 7.11 Å². The van der Waals surface area contributed by atoms with Gasteiger partial charge in [0, 0.05) is 25.6 Å². The number of carbonyl (C=O) groups excluding carboxylic acids is 1. The standard InChI is InChI=1S/C22H27N3O2/c1-27-21-10-6-5-9-19(21)25-12-11-20(22(25)26)24-14-17(13-23)18(15-24)16-7-3-2-4-8-16/h2-10,17-18,20H,11-15,23H2,1H3/t17-,18+,20?/m1/s1. The van der Waals surface area contributed by atoms with Gasteiger partial charge < -0.3 is 15.4 Å².